The Hall–Kier alpha value is -4.73. The third-order valence-corrected chi connectivity index (χ3v) is 7.02. The van der Waals surface area contributed by atoms with Crippen LogP contribution in [0, 0.1) is 12.8 Å². The summed E-state index contributed by atoms with van der Waals surface area (Å²) in [5.74, 6) is 0.0682. The fourth-order valence-corrected chi connectivity index (χ4v) is 4.82. The summed E-state index contributed by atoms with van der Waals surface area (Å²) < 4.78 is 12.6. The largest absolute Gasteiger partial charge is 0.454 e. The van der Waals surface area contributed by atoms with E-state index in [1.54, 1.807) is 12.1 Å². The molecule has 0 bridgehead atoms. The summed E-state index contributed by atoms with van der Waals surface area (Å²) in [6.45, 7) is 7.74. The zero-order valence-corrected chi connectivity index (χ0v) is 23.6. The summed E-state index contributed by atoms with van der Waals surface area (Å²) in [6.07, 6.45) is 0.772. The number of nitrogens with one attached hydrogen (secondary N) is 1. The van der Waals surface area contributed by atoms with Gasteiger partial charge in [-0.3, -0.25) is 19.3 Å². The van der Waals surface area contributed by atoms with Crippen LogP contribution >= 0.6 is 0 Å². The van der Waals surface area contributed by atoms with Crippen molar-refractivity contribution in [3.63, 3.8) is 0 Å². The first-order chi connectivity index (χ1) is 19.7. The highest BCUT2D eigenvalue weighted by atomic mass is 16.7. The summed E-state index contributed by atoms with van der Waals surface area (Å²) in [6, 6.07) is 16.8. The number of benzene rings is 3. The zero-order valence-electron chi connectivity index (χ0n) is 23.6. The first kappa shape index (κ1) is 27.8. The molecule has 0 aliphatic carbocycles. The minimum Gasteiger partial charge on any atom is -0.454 e. The number of fused-ring (bicyclic) bond motifs is 2. The number of nitrogens with zero attached hydrogens (tertiary/aromatic N) is 4. The van der Waals surface area contributed by atoms with E-state index in [0.29, 0.717) is 40.6 Å². The van der Waals surface area contributed by atoms with Gasteiger partial charge >= 0.3 is 0 Å². The standard InChI is InChI=1S/C31H33N5O5/c1-19(2)13-14-32-31(39)30(22-11-9-20(3)10-12-22)36(26-16-28-27(40-18-41-28)15-23(26)21(4)37)29(38)17-35-25-8-6-5-7-24(25)33-34-35/h5-12,15-16,19,30H,13-14,17-18H2,1-4H3,(H,32,39). The summed E-state index contributed by atoms with van der Waals surface area (Å²) in [4.78, 5) is 42.7. The Labute approximate surface area is 238 Å². The molecule has 1 aliphatic heterocycles. The number of ether oxygens (including phenoxy) is 2. The Morgan fingerprint density at radius 1 is 1.02 bits per heavy atom. The van der Waals surface area contributed by atoms with Crippen molar-refractivity contribution in [1.82, 2.24) is 20.3 Å². The number of ketones is 1. The number of hydrogen-bond donors (Lipinski definition) is 1. The van der Waals surface area contributed by atoms with Crippen LogP contribution in [0.3, 0.4) is 0 Å². The molecule has 0 saturated heterocycles. The van der Waals surface area contributed by atoms with Gasteiger partial charge in [-0.15, -0.1) is 5.10 Å². The molecule has 4 aromatic rings. The summed E-state index contributed by atoms with van der Waals surface area (Å²) in [5, 5.41) is 11.4. The number of rotatable bonds is 10. The highest BCUT2D eigenvalue weighted by molar-refractivity contribution is 6.08. The monoisotopic (exact) mass is 555 g/mol. The van der Waals surface area contributed by atoms with Gasteiger partial charge in [-0.25, -0.2) is 4.68 Å². The quantitative estimate of drug-likeness (QED) is 0.284. The average Bonchev–Trinajstić information content (AvgIpc) is 3.58. The molecule has 2 heterocycles. The normalized spacial score (nSPS) is 12.9. The smallest absolute Gasteiger partial charge is 0.249 e. The lowest BCUT2D eigenvalue weighted by molar-refractivity contribution is -0.127. The molecular weight excluding hydrogens is 522 g/mol. The van der Waals surface area contributed by atoms with Crippen LogP contribution in [-0.4, -0.2) is 45.9 Å². The Balaban J connectivity index is 1.66. The lowest BCUT2D eigenvalue weighted by Gasteiger charge is -2.33. The van der Waals surface area contributed by atoms with Crippen LogP contribution in [-0.2, 0) is 16.1 Å². The van der Waals surface area contributed by atoms with Gasteiger partial charge in [-0.2, -0.15) is 0 Å². The molecule has 0 radical (unpaired) electrons. The minimum atomic E-state index is -1.08. The minimum absolute atomic E-state index is 0.00783. The zero-order chi connectivity index (χ0) is 29.1. The molecule has 1 aromatic heterocycles. The maximum atomic E-state index is 14.4. The predicted octanol–water partition coefficient (Wildman–Crippen LogP) is 4.61. The van der Waals surface area contributed by atoms with Gasteiger partial charge in [0.1, 0.15) is 18.1 Å². The first-order valence-corrected chi connectivity index (χ1v) is 13.6. The first-order valence-electron chi connectivity index (χ1n) is 13.6. The van der Waals surface area contributed by atoms with E-state index in [-0.39, 0.29) is 36.3 Å². The molecule has 2 amide bonds. The van der Waals surface area contributed by atoms with Gasteiger partial charge in [0.15, 0.2) is 17.3 Å². The van der Waals surface area contributed by atoms with Gasteiger partial charge in [0.05, 0.1) is 11.2 Å². The van der Waals surface area contributed by atoms with Crippen molar-refractivity contribution in [2.75, 3.05) is 18.2 Å². The van der Waals surface area contributed by atoms with Crippen molar-refractivity contribution >= 4 is 34.3 Å². The number of carbonyl (C=O) groups is 3. The van der Waals surface area contributed by atoms with Crippen molar-refractivity contribution in [3.05, 3.63) is 77.4 Å². The number of hydrogen-bond acceptors (Lipinski definition) is 7. The fourth-order valence-electron chi connectivity index (χ4n) is 4.82. The van der Waals surface area contributed by atoms with E-state index in [9.17, 15) is 14.4 Å². The Morgan fingerprint density at radius 3 is 2.44 bits per heavy atom. The van der Waals surface area contributed by atoms with Gasteiger partial charge in [-0.1, -0.05) is 61.0 Å². The van der Waals surface area contributed by atoms with E-state index in [2.05, 4.69) is 29.5 Å². The second-order valence-electron chi connectivity index (χ2n) is 10.6. The Bertz CT molecular complexity index is 1590. The van der Waals surface area contributed by atoms with Crippen molar-refractivity contribution in [1.29, 1.82) is 0 Å². The third kappa shape index (κ3) is 5.91. The summed E-state index contributed by atoms with van der Waals surface area (Å²) in [5.41, 5.74) is 3.40. The van der Waals surface area contributed by atoms with Crippen LogP contribution in [0.25, 0.3) is 11.0 Å². The number of aryl methyl sites for hydroxylation is 1. The molecule has 1 N–H and O–H groups in total. The Morgan fingerprint density at radius 2 is 1.73 bits per heavy atom. The van der Waals surface area contributed by atoms with Crippen molar-refractivity contribution in [2.45, 2.75) is 46.7 Å². The number of para-hydroxylation sites is 1. The predicted molar refractivity (Wildman–Crippen MR) is 154 cm³/mol. The topological polar surface area (TPSA) is 116 Å². The molecular formula is C31H33N5O5. The van der Waals surface area contributed by atoms with Gasteiger partial charge in [0.25, 0.3) is 0 Å². The van der Waals surface area contributed by atoms with Crippen molar-refractivity contribution < 1.29 is 23.9 Å². The van der Waals surface area contributed by atoms with E-state index in [1.807, 2.05) is 55.5 Å². The maximum absolute atomic E-state index is 14.4. The highest BCUT2D eigenvalue weighted by Crippen LogP contribution is 2.41. The average molecular weight is 556 g/mol. The molecule has 3 aromatic carbocycles. The number of carbonyl (C=O) groups excluding carboxylic acids is 3. The molecule has 1 aliphatic rings. The second kappa shape index (κ2) is 11.8. The molecule has 0 spiro atoms. The van der Waals surface area contributed by atoms with E-state index in [4.69, 9.17) is 9.47 Å². The van der Waals surface area contributed by atoms with E-state index in [0.717, 1.165) is 12.0 Å². The summed E-state index contributed by atoms with van der Waals surface area (Å²) >= 11 is 0. The molecule has 1 unspecified atom stereocenters. The summed E-state index contributed by atoms with van der Waals surface area (Å²) in [7, 11) is 0. The van der Waals surface area contributed by atoms with Crippen LogP contribution in [0.15, 0.2) is 60.7 Å². The molecule has 0 fully saturated rings. The fraction of sp³-hybridized carbons (Fsp3) is 0.323. The van der Waals surface area contributed by atoms with Gasteiger partial charge in [0.2, 0.25) is 18.6 Å². The number of anilines is 1. The molecule has 1 atom stereocenters. The molecule has 10 nitrogen and oxygen atoms in total. The molecule has 0 saturated carbocycles. The molecule has 10 heteroatoms. The van der Waals surface area contributed by atoms with E-state index >= 15 is 0 Å². The SMILES string of the molecule is CC(=O)c1cc2c(cc1N(C(=O)Cn1nnc3ccccc31)C(C(=O)NCCC(C)C)c1ccc(C)cc1)OCO2. The van der Waals surface area contributed by atoms with Gasteiger partial charge in [0, 0.05) is 18.2 Å². The van der Waals surface area contributed by atoms with Crippen LogP contribution in [0.1, 0.15) is 54.7 Å². The van der Waals surface area contributed by atoms with Gasteiger partial charge < -0.3 is 14.8 Å². The van der Waals surface area contributed by atoms with Gasteiger partial charge in [-0.05, 0) is 49.9 Å². The van der Waals surface area contributed by atoms with Crippen LogP contribution < -0.4 is 19.7 Å². The molecule has 212 valence electrons. The van der Waals surface area contributed by atoms with Crippen molar-refractivity contribution in [2.24, 2.45) is 5.92 Å². The van der Waals surface area contributed by atoms with Crippen LogP contribution in [0.5, 0.6) is 11.5 Å². The highest BCUT2D eigenvalue weighted by Gasteiger charge is 2.36. The van der Waals surface area contributed by atoms with E-state index in [1.165, 1.54) is 16.5 Å². The number of aromatic nitrogens is 3. The number of Topliss-reactive ketones (excluding diaryl/α,β-unsaturated/α-hetero) is 1. The third-order valence-electron chi connectivity index (χ3n) is 7.02. The van der Waals surface area contributed by atoms with Crippen LogP contribution in [0.4, 0.5) is 5.69 Å². The number of amides is 2. The molecule has 5 rings (SSSR count). The maximum Gasteiger partial charge on any atom is 0.249 e. The van der Waals surface area contributed by atoms with Crippen LogP contribution in [0.2, 0.25) is 0 Å². The molecule has 41 heavy (non-hydrogen) atoms. The van der Waals surface area contributed by atoms with E-state index < -0.39 is 11.9 Å². The lowest BCUT2D eigenvalue weighted by Crippen LogP contribution is -2.46. The second-order valence-corrected chi connectivity index (χ2v) is 10.6. The van der Waals surface area contributed by atoms with Crippen molar-refractivity contribution in [3.8, 4) is 11.5 Å². The lowest BCUT2D eigenvalue weighted by atomic mass is 9.99. The Kier molecular flexibility index (Phi) is 8.00.